The van der Waals surface area contributed by atoms with Crippen molar-refractivity contribution in [2.24, 2.45) is 0 Å². The summed E-state index contributed by atoms with van der Waals surface area (Å²) >= 11 is 7.46. The maximum atomic E-state index is 13.0. The smallest absolute Gasteiger partial charge is 0.266 e. The van der Waals surface area contributed by atoms with Crippen LogP contribution in [0.25, 0.3) is 10.2 Å². The van der Waals surface area contributed by atoms with Crippen LogP contribution in [0.15, 0.2) is 42.5 Å². The Morgan fingerprint density at radius 2 is 1.87 bits per heavy atom. The van der Waals surface area contributed by atoms with Crippen LogP contribution in [0.3, 0.4) is 0 Å². The Labute approximate surface area is 193 Å². The van der Waals surface area contributed by atoms with Gasteiger partial charge in [-0.05, 0) is 75.4 Å². The van der Waals surface area contributed by atoms with E-state index >= 15 is 0 Å². The van der Waals surface area contributed by atoms with E-state index in [0.29, 0.717) is 17.3 Å². The van der Waals surface area contributed by atoms with E-state index in [1.54, 1.807) is 40.5 Å². The molecular formula is C22H27Cl2N3O2S. The summed E-state index contributed by atoms with van der Waals surface area (Å²) in [4.78, 5) is 21.6. The van der Waals surface area contributed by atoms with Gasteiger partial charge < -0.3 is 9.64 Å². The van der Waals surface area contributed by atoms with E-state index < -0.39 is 0 Å². The molecule has 0 aliphatic heterocycles. The third-order valence-electron chi connectivity index (χ3n) is 4.54. The second kappa shape index (κ2) is 11.5. The van der Waals surface area contributed by atoms with E-state index in [0.717, 1.165) is 34.7 Å². The molecule has 0 aliphatic rings. The lowest BCUT2D eigenvalue weighted by molar-refractivity contribution is -0.120. The number of halogens is 2. The predicted molar refractivity (Wildman–Crippen MR) is 129 cm³/mol. The lowest BCUT2D eigenvalue weighted by atomic mass is 10.2. The zero-order chi connectivity index (χ0) is 20.8. The number of benzene rings is 2. The number of hydrogen-bond donors (Lipinski definition) is 0. The number of anilines is 1. The number of ether oxygens (including phenoxy) is 1. The molecule has 0 fully saturated rings. The summed E-state index contributed by atoms with van der Waals surface area (Å²) in [5, 5.41) is 1.35. The molecule has 0 atom stereocenters. The first kappa shape index (κ1) is 24.4. The van der Waals surface area contributed by atoms with Crippen LogP contribution < -0.4 is 9.64 Å². The number of aromatic nitrogens is 1. The maximum Gasteiger partial charge on any atom is 0.266 e. The molecule has 0 saturated carbocycles. The lowest BCUT2D eigenvalue weighted by Gasteiger charge is -2.21. The molecule has 3 rings (SSSR count). The second-order valence-electron chi connectivity index (χ2n) is 7.10. The lowest BCUT2D eigenvalue weighted by Crippen LogP contribution is -2.36. The Morgan fingerprint density at radius 3 is 2.53 bits per heavy atom. The summed E-state index contributed by atoms with van der Waals surface area (Å²) in [5.41, 5.74) is 2.19. The molecule has 1 aromatic heterocycles. The average Bonchev–Trinajstić information content (AvgIpc) is 3.13. The molecule has 8 heteroatoms. The van der Waals surface area contributed by atoms with Crippen molar-refractivity contribution < 1.29 is 9.53 Å². The Morgan fingerprint density at radius 1 is 1.13 bits per heavy atom. The van der Waals surface area contributed by atoms with Crippen LogP contribution in [0.5, 0.6) is 5.75 Å². The zero-order valence-corrected chi connectivity index (χ0v) is 19.8. The van der Waals surface area contributed by atoms with Crippen molar-refractivity contribution >= 4 is 56.6 Å². The molecule has 0 spiro atoms. The van der Waals surface area contributed by atoms with E-state index in [9.17, 15) is 4.79 Å². The normalized spacial score (nSPS) is 10.8. The molecule has 0 bridgehead atoms. The van der Waals surface area contributed by atoms with Crippen LogP contribution >= 0.6 is 35.3 Å². The number of carbonyl (C=O) groups is 1. The molecule has 0 radical (unpaired) electrons. The van der Waals surface area contributed by atoms with Gasteiger partial charge >= 0.3 is 0 Å². The van der Waals surface area contributed by atoms with Crippen molar-refractivity contribution in [2.75, 3.05) is 38.7 Å². The van der Waals surface area contributed by atoms with Gasteiger partial charge in [-0.3, -0.25) is 9.69 Å². The largest absolute Gasteiger partial charge is 0.484 e. The molecule has 1 amide bonds. The highest BCUT2D eigenvalue weighted by Crippen LogP contribution is 2.30. The Balaban J connectivity index is 0.00000320. The van der Waals surface area contributed by atoms with Crippen LogP contribution in [0.4, 0.5) is 5.13 Å². The van der Waals surface area contributed by atoms with Crippen molar-refractivity contribution in [3.8, 4) is 5.75 Å². The highest BCUT2D eigenvalue weighted by atomic mass is 35.5. The summed E-state index contributed by atoms with van der Waals surface area (Å²) in [6, 6.07) is 13.3. The number of hydrogen-bond acceptors (Lipinski definition) is 5. The number of amides is 1. The quantitative estimate of drug-likeness (QED) is 0.428. The Kier molecular flexibility index (Phi) is 9.37. The van der Waals surface area contributed by atoms with Gasteiger partial charge in [0.15, 0.2) is 11.7 Å². The van der Waals surface area contributed by atoms with Crippen LogP contribution in [0.1, 0.15) is 18.9 Å². The topological polar surface area (TPSA) is 45.7 Å². The van der Waals surface area contributed by atoms with Crippen molar-refractivity contribution in [1.82, 2.24) is 9.88 Å². The number of carbonyl (C=O) groups excluding carboxylic acids is 1. The highest BCUT2D eigenvalue weighted by Gasteiger charge is 2.20. The van der Waals surface area contributed by atoms with E-state index in [2.05, 4.69) is 24.0 Å². The Bertz CT molecular complexity index is 961. The average molecular weight is 468 g/mol. The van der Waals surface area contributed by atoms with Gasteiger partial charge in [0.25, 0.3) is 5.91 Å². The molecule has 162 valence electrons. The van der Waals surface area contributed by atoms with Gasteiger partial charge in [0.1, 0.15) is 5.75 Å². The third kappa shape index (κ3) is 6.57. The molecule has 0 saturated heterocycles. The molecule has 0 N–H and O–H groups in total. The summed E-state index contributed by atoms with van der Waals surface area (Å²) in [5.74, 6) is 0.515. The molecular weight excluding hydrogens is 441 g/mol. The minimum Gasteiger partial charge on any atom is -0.484 e. The summed E-state index contributed by atoms with van der Waals surface area (Å²) in [6.07, 6.45) is 1.83. The molecule has 30 heavy (non-hydrogen) atoms. The SMILES string of the molecule is CCc1ccc2nc(N(CCCN(C)C)C(=O)COc3ccc(Cl)cc3)sc2c1.Cl. The van der Waals surface area contributed by atoms with Crippen molar-refractivity contribution in [3.05, 3.63) is 53.1 Å². The van der Waals surface area contributed by atoms with E-state index in [-0.39, 0.29) is 24.9 Å². The second-order valence-corrected chi connectivity index (χ2v) is 8.54. The van der Waals surface area contributed by atoms with E-state index in [4.69, 9.17) is 21.3 Å². The molecule has 0 aliphatic carbocycles. The highest BCUT2D eigenvalue weighted by molar-refractivity contribution is 7.22. The first-order valence-electron chi connectivity index (χ1n) is 9.69. The first-order chi connectivity index (χ1) is 14.0. The first-order valence-corrected chi connectivity index (χ1v) is 10.9. The maximum absolute atomic E-state index is 13.0. The predicted octanol–water partition coefficient (Wildman–Crippen LogP) is 5.30. The fraction of sp³-hybridized carbons (Fsp3) is 0.364. The van der Waals surface area contributed by atoms with Crippen LogP contribution in [0, 0.1) is 0 Å². The fourth-order valence-corrected chi connectivity index (χ4v) is 4.12. The minimum absolute atomic E-state index is 0. The number of thiazole rings is 1. The minimum atomic E-state index is -0.103. The number of rotatable bonds is 9. The summed E-state index contributed by atoms with van der Waals surface area (Å²) in [7, 11) is 4.06. The van der Waals surface area contributed by atoms with Gasteiger partial charge in [-0.1, -0.05) is 35.9 Å². The number of aryl methyl sites for hydroxylation is 1. The molecule has 2 aromatic carbocycles. The number of fused-ring (bicyclic) bond motifs is 1. The van der Waals surface area contributed by atoms with Crippen molar-refractivity contribution in [1.29, 1.82) is 0 Å². The van der Waals surface area contributed by atoms with Crippen molar-refractivity contribution in [2.45, 2.75) is 19.8 Å². The van der Waals surface area contributed by atoms with Gasteiger partial charge in [0, 0.05) is 11.6 Å². The van der Waals surface area contributed by atoms with E-state index in [1.165, 1.54) is 5.56 Å². The monoisotopic (exact) mass is 467 g/mol. The van der Waals surface area contributed by atoms with Crippen LogP contribution in [0.2, 0.25) is 5.02 Å². The Hall–Kier alpha value is -1.86. The van der Waals surface area contributed by atoms with Gasteiger partial charge in [-0.2, -0.15) is 0 Å². The number of nitrogens with zero attached hydrogens (tertiary/aromatic N) is 3. The zero-order valence-electron chi connectivity index (χ0n) is 17.4. The van der Waals surface area contributed by atoms with Crippen LogP contribution in [-0.4, -0.2) is 49.6 Å². The third-order valence-corrected chi connectivity index (χ3v) is 5.84. The van der Waals surface area contributed by atoms with E-state index in [1.807, 2.05) is 20.2 Å². The standard InChI is InChI=1S/C22H26ClN3O2S.ClH/c1-4-16-6-11-19-20(14-16)29-22(24-19)26(13-5-12-25(2)3)21(27)15-28-18-9-7-17(23)8-10-18;/h6-11,14H,4-5,12-13,15H2,1-3H3;1H. The molecule has 1 heterocycles. The molecule has 3 aromatic rings. The fourth-order valence-electron chi connectivity index (χ4n) is 2.92. The van der Waals surface area contributed by atoms with Gasteiger partial charge in [0.05, 0.1) is 10.2 Å². The van der Waals surface area contributed by atoms with Gasteiger partial charge in [0.2, 0.25) is 0 Å². The molecule has 5 nitrogen and oxygen atoms in total. The summed E-state index contributed by atoms with van der Waals surface area (Å²) < 4.78 is 6.78. The van der Waals surface area contributed by atoms with Gasteiger partial charge in [-0.15, -0.1) is 12.4 Å². The van der Waals surface area contributed by atoms with Crippen LogP contribution in [-0.2, 0) is 11.2 Å². The van der Waals surface area contributed by atoms with Gasteiger partial charge in [-0.25, -0.2) is 4.98 Å². The van der Waals surface area contributed by atoms with Crippen molar-refractivity contribution in [3.63, 3.8) is 0 Å². The molecule has 0 unspecified atom stereocenters. The summed E-state index contributed by atoms with van der Waals surface area (Å²) in [6.45, 7) is 3.59.